The number of ketones is 1. The summed E-state index contributed by atoms with van der Waals surface area (Å²) in [6.45, 7) is 0. The highest BCUT2D eigenvalue weighted by atomic mass is 16.5. The molecule has 0 fully saturated rings. The van der Waals surface area contributed by atoms with E-state index in [-0.39, 0.29) is 11.3 Å². The maximum Gasteiger partial charge on any atom is 0.243 e. The molecule has 0 atom stereocenters. The maximum atomic E-state index is 12.0. The Kier molecular flexibility index (Phi) is 3.84. The molecule has 94 valence electrons. The molecule has 2 rings (SSSR count). The molecule has 0 aromatic heterocycles. The van der Waals surface area contributed by atoms with Gasteiger partial charge in [0.05, 0.1) is 7.11 Å². The Labute approximate surface area is 111 Å². The van der Waals surface area contributed by atoms with Crippen molar-refractivity contribution in [2.24, 2.45) is 0 Å². The Bertz CT molecular complexity index is 649. The molecule has 0 amide bonds. The van der Waals surface area contributed by atoms with Gasteiger partial charge in [-0.1, -0.05) is 30.2 Å². The fourth-order valence-corrected chi connectivity index (χ4v) is 1.63. The van der Waals surface area contributed by atoms with E-state index in [9.17, 15) is 9.90 Å². The van der Waals surface area contributed by atoms with Crippen molar-refractivity contribution in [3.8, 4) is 23.3 Å². The van der Waals surface area contributed by atoms with Gasteiger partial charge < -0.3 is 9.84 Å². The van der Waals surface area contributed by atoms with E-state index in [1.54, 1.807) is 12.1 Å². The average molecular weight is 252 g/mol. The molecule has 2 aromatic carbocycles. The predicted molar refractivity (Wildman–Crippen MR) is 72.3 cm³/mol. The zero-order valence-corrected chi connectivity index (χ0v) is 10.4. The molecule has 0 saturated heterocycles. The molecule has 3 heteroatoms. The standard InChI is InChI=1S/C16H12O3/c1-19-15-9-5-8-13(17)16(15)14(18)11-10-12-6-3-2-4-7-12/h2-9,17H,1H3. The molecule has 2 aromatic rings. The van der Waals surface area contributed by atoms with Gasteiger partial charge in [0.2, 0.25) is 5.78 Å². The fraction of sp³-hybridized carbons (Fsp3) is 0.0625. The van der Waals surface area contributed by atoms with E-state index in [0.717, 1.165) is 5.56 Å². The van der Waals surface area contributed by atoms with Crippen molar-refractivity contribution in [1.82, 2.24) is 0 Å². The van der Waals surface area contributed by atoms with Gasteiger partial charge in [0.25, 0.3) is 0 Å². The van der Waals surface area contributed by atoms with Gasteiger partial charge >= 0.3 is 0 Å². The summed E-state index contributed by atoms with van der Waals surface area (Å²) in [5, 5.41) is 9.72. The van der Waals surface area contributed by atoms with Crippen LogP contribution >= 0.6 is 0 Å². The van der Waals surface area contributed by atoms with Gasteiger partial charge in [-0.3, -0.25) is 4.79 Å². The van der Waals surface area contributed by atoms with Crippen LogP contribution in [-0.2, 0) is 0 Å². The molecule has 0 spiro atoms. The summed E-state index contributed by atoms with van der Waals surface area (Å²) < 4.78 is 5.05. The molecule has 0 saturated carbocycles. The van der Waals surface area contributed by atoms with Crippen molar-refractivity contribution in [1.29, 1.82) is 0 Å². The number of phenols is 1. The van der Waals surface area contributed by atoms with Crippen molar-refractivity contribution in [3.05, 3.63) is 59.7 Å². The quantitative estimate of drug-likeness (QED) is 0.660. The van der Waals surface area contributed by atoms with E-state index in [2.05, 4.69) is 11.8 Å². The molecular formula is C16H12O3. The number of aromatic hydroxyl groups is 1. The second-order valence-corrected chi connectivity index (χ2v) is 3.80. The number of carbonyl (C=O) groups is 1. The Morgan fingerprint density at radius 3 is 2.53 bits per heavy atom. The van der Waals surface area contributed by atoms with Crippen molar-refractivity contribution in [2.75, 3.05) is 7.11 Å². The van der Waals surface area contributed by atoms with E-state index in [1.807, 2.05) is 30.3 Å². The lowest BCUT2D eigenvalue weighted by molar-refractivity contribution is 0.105. The molecule has 0 bridgehead atoms. The molecule has 0 aliphatic rings. The SMILES string of the molecule is COc1cccc(O)c1C(=O)C#Cc1ccccc1. The Morgan fingerprint density at radius 1 is 1.11 bits per heavy atom. The summed E-state index contributed by atoms with van der Waals surface area (Å²) in [6.07, 6.45) is 0. The van der Waals surface area contributed by atoms with Gasteiger partial charge in [0.15, 0.2) is 0 Å². The van der Waals surface area contributed by atoms with Crippen LogP contribution in [0, 0.1) is 11.8 Å². The molecule has 1 N–H and O–H groups in total. The zero-order valence-electron chi connectivity index (χ0n) is 10.4. The minimum atomic E-state index is -0.473. The van der Waals surface area contributed by atoms with E-state index in [0.29, 0.717) is 5.75 Å². The largest absolute Gasteiger partial charge is 0.507 e. The molecule has 19 heavy (non-hydrogen) atoms. The van der Waals surface area contributed by atoms with Crippen LogP contribution in [0.3, 0.4) is 0 Å². The van der Waals surface area contributed by atoms with Gasteiger partial charge in [-0.15, -0.1) is 0 Å². The second-order valence-electron chi connectivity index (χ2n) is 3.80. The Hall–Kier alpha value is -2.73. The summed E-state index contributed by atoms with van der Waals surface area (Å²) in [4.78, 5) is 12.0. The third-order valence-corrected chi connectivity index (χ3v) is 2.55. The van der Waals surface area contributed by atoms with Gasteiger partial charge in [-0.05, 0) is 30.2 Å². The smallest absolute Gasteiger partial charge is 0.243 e. The fourth-order valence-electron chi connectivity index (χ4n) is 1.63. The zero-order chi connectivity index (χ0) is 13.7. The minimum absolute atomic E-state index is 0.0911. The summed E-state index contributed by atoms with van der Waals surface area (Å²) >= 11 is 0. The van der Waals surface area contributed by atoms with E-state index >= 15 is 0 Å². The van der Waals surface area contributed by atoms with Crippen LogP contribution in [-0.4, -0.2) is 18.0 Å². The van der Waals surface area contributed by atoms with Crippen LogP contribution in [0.1, 0.15) is 15.9 Å². The normalized spacial score (nSPS) is 9.32. The highest BCUT2D eigenvalue weighted by Crippen LogP contribution is 2.27. The number of Topliss-reactive ketones (excluding diaryl/α,β-unsaturated/α-hetero) is 1. The third kappa shape index (κ3) is 2.93. The number of phenolic OH excluding ortho intramolecular Hbond substituents is 1. The van der Waals surface area contributed by atoms with Crippen LogP contribution in [0.4, 0.5) is 0 Å². The monoisotopic (exact) mass is 252 g/mol. The first-order chi connectivity index (χ1) is 9.22. The van der Waals surface area contributed by atoms with Gasteiger partial charge in [0, 0.05) is 5.56 Å². The summed E-state index contributed by atoms with van der Waals surface area (Å²) in [7, 11) is 1.44. The van der Waals surface area contributed by atoms with Crippen LogP contribution in [0.25, 0.3) is 0 Å². The van der Waals surface area contributed by atoms with Crippen molar-refractivity contribution < 1.29 is 14.6 Å². The number of hydrogen-bond donors (Lipinski definition) is 1. The first-order valence-electron chi connectivity index (χ1n) is 5.69. The number of hydrogen-bond acceptors (Lipinski definition) is 3. The summed E-state index contributed by atoms with van der Waals surface area (Å²) in [5.74, 6) is 4.96. The van der Waals surface area contributed by atoms with E-state index in [4.69, 9.17) is 4.74 Å². The third-order valence-electron chi connectivity index (χ3n) is 2.55. The number of carbonyl (C=O) groups excluding carboxylic acids is 1. The molecular weight excluding hydrogens is 240 g/mol. The number of rotatable bonds is 2. The molecule has 3 nitrogen and oxygen atoms in total. The van der Waals surface area contributed by atoms with Crippen molar-refractivity contribution in [3.63, 3.8) is 0 Å². The first kappa shape index (κ1) is 12.7. The second kappa shape index (κ2) is 5.74. The van der Waals surface area contributed by atoms with Gasteiger partial charge in [-0.2, -0.15) is 0 Å². The average Bonchev–Trinajstić information content (AvgIpc) is 2.45. The first-order valence-corrected chi connectivity index (χ1v) is 5.69. The van der Waals surface area contributed by atoms with E-state index in [1.165, 1.54) is 13.2 Å². The van der Waals surface area contributed by atoms with Crippen LogP contribution < -0.4 is 4.74 Å². The number of ether oxygens (including phenoxy) is 1. The Morgan fingerprint density at radius 2 is 1.84 bits per heavy atom. The summed E-state index contributed by atoms with van der Waals surface area (Å²) in [5.41, 5.74) is 0.832. The molecule has 0 heterocycles. The molecule has 0 aliphatic heterocycles. The molecule has 0 aliphatic carbocycles. The minimum Gasteiger partial charge on any atom is -0.507 e. The molecule has 0 radical (unpaired) electrons. The van der Waals surface area contributed by atoms with Crippen LogP contribution in [0.15, 0.2) is 48.5 Å². The van der Waals surface area contributed by atoms with Crippen LogP contribution in [0.2, 0.25) is 0 Å². The number of benzene rings is 2. The van der Waals surface area contributed by atoms with E-state index < -0.39 is 5.78 Å². The van der Waals surface area contributed by atoms with Crippen LogP contribution in [0.5, 0.6) is 11.5 Å². The lowest BCUT2D eigenvalue weighted by atomic mass is 10.1. The lowest BCUT2D eigenvalue weighted by Crippen LogP contribution is -2.00. The van der Waals surface area contributed by atoms with Crippen molar-refractivity contribution in [2.45, 2.75) is 0 Å². The lowest BCUT2D eigenvalue weighted by Gasteiger charge is -2.05. The maximum absolute atomic E-state index is 12.0. The number of methoxy groups -OCH3 is 1. The predicted octanol–water partition coefficient (Wildman–Crippen LogP) is 2.64. The Balaban J connectivity index is 2.34. The highest BCUT2D eigenvalue weighted by molar-refractivity contribution is 6.12. The molecule has 0 unspecified atom stereocenters. The topological polar surface area (TPSA) is 46.5 Å². The van der Waals surface area contributed by atoms with Gasteiger partial charge in [-0.25, -0.2) is 0 Å². The highest BCUT2D eigenvalue weighted by Gasteiger charge is 2.14. The van der Waals surface area contributed by atoms with Gasteiger partial charge in [0.1, 0.15) is 17.1 Å². The van der Waals surface area contributed by atoms with Crippen molar-refractivity contribution >= 4 is 5.78 Å². The summed E-state index contributed by atoms with van der Waals surface area (Å²) in [6, 6.07) is 13.8.